The largest absolute Gasteiger partial charge is 0.271 e. The molecular formula is C12H20Cl2N2. The van der Waals surface area contributed by atoms with Crippen LogP contribution in [0.25, 0.3) is 0 Å². The quantitative estimate of drug-likeness (QED) is 0.755. The molecule has 2 nitrogen and oxygen atoms in total. The number of aryl methyl sites for hydroxylation is 2. The minimum absolute atomic E-state index is 0.145. The maximum Gasteiger partial charge on any atom is 0.0847 e. The zero-order valence-corrected chi connectivity index (χ0v) is 12.1. The van der Waals surface area contributed by atoms with Crippen molar-refractivity contribution in [2.45, 2.75) is 39.5 Å². The molecule has 92 valence electrons. The summed E-state index contributed by atoms with van der Waals surface area (Å²) < 4.78 is 1.87. The van der Waals surface area contributed by atoms with Gasteiger partial charge in [-0.05, 0) is 32.1 Å². The van der Waals surface area contributed by atoms with Gasteiger partial charge in [-0.1, -0.05) is 25.4 Å². The Morgan fingerprint density at radius 2 is 1.88 bits per heavy atom. The first kappa shape index (κ1) is 13.9. The molecule has 0 aromatic carbocycles. The Hall–Kier alpha value is -0.210. The van der Waals surface area contributed by atoms with Crippen LogP contribution in [0.5, 0.6) is 0 Å². The predicted octanol–water partition coefficient (Wildman–Crippen LogP) is 3.82. The molecule has 16 heavy (non-hydrogen) atoms. The Bertz CT molecular complexity index is 348. The third-order valence-electron chi connectivity index (χ3n) is 3.14. The molecule has 2 unspecified atom stereocenters. The van der Waals surface area contributed by atoms with Gasteiger partial charge in [-0.15, -0.1) is 11.6 Å². The van der Waals surface area contributed by atoms with Crippen molar-refractivity contribution in [1.29, 1.82) is 0 Å². The highest BCUT2D eigenvalue weighted by atomic mass is 35.5. The van der Waals surface area contributed by atoms with Gasteiger partial charge in [-0.3, -0.25) is 4.68 Å². The molecule has 0 amide bonds. The third kappa shape index (κ3) is 2.92. The van der Waals surface area contributed by atoms with E-state index in [0.717, 1.165) is 22.8 Å². The van der Waals surface area contributed by atoms with Crippen molar-refractivity contribution in [3.8, 4) is 0 Å². The van der Waals surface area contributed by atoms with E-state index in [1.54, 1.807) is 0 Å². The number of hydrogen-bond acceptors (Lipinski definition) is 1. The fraction of sp³-hybridized carbons (Fsp3) is 0.750. The fourth-order valence-electron chi connectivity index (χ4n) is 2.05. The second-order valence-electron chi connectivity index (χ2n) is 4.76. The number of rotatable bonds is 4. The van der Waals surface area contributed by atoms with Crippen LogP contribution in [0.15, 0.2) is 0 Å². The van der Waals surface area contributed by atoms with E-state index < -0.39 is 0 Å². The summed E-state index contributed by atoms with van der Waals surface area (Å²) in [5.41, 5.74) is 1.98. The lowest BCUT2D eigenvalue weighted by Crippen LogP contribution is -2.22. The van der Waals surface area contributed by atoms with E-state index in [0.29, 0.717) is 11.8 Å². The molecule has 0 aliphatic heterocycles. The SMILES string of the molecule is Cc1nn(C)c(CC(C(C)C)C(C)Cl)c1Cl. The molecule has 0 bridgehead atoms. The van der Waals surface area contributed by atoms with Crippen LogP contribution in [-0.2, 0) is 13.5 Å². The van der Waals surface area contributed by atoms with Crippen molar-refractivity contribution < 1.29 is 0 Å². The third-order valence-corrected chi connectivity index (χ3v) is 3.95. The average Bonchev–Trinajstić information content (AvgIpc) is 2.38. The van der Waals surface area contributed by atoms with Crippen molar-refractivity contribution in [2.75, 3.05) is 0 Å². The van der Waals surface area contributed by atoms with Gasteiger partial charge in [-0.2, -0.15) is 5.10 Å². The summed E-state index contributed by atoms with van der Waals surface area (Å²) >= 11 is 12.5. The summed E-state index contributed by atoms with van der Waals surface area (Å²) in [7, 11) is 1.94. The number of alkyl halides is 1. The molecule has 4 heteroatoms. The minimum Gasteiger partial charge on any atom is -0.271 e. The van der Waals surface area contributed by atoms with E-state index >= 15 is 0 Å². The summed E-state index contributed by atoms with van der Waals surface area (Å²) in [4.78, 5) is 0. The highest BCUT2D eigenvalue weighted by Gasteiger charge is 2.23. The topological polar surface area (TPSA) is 17.8 Å². The van der Waals surface area contributed by atoms with Gasteiger partial charge in [0.2, 0.25) is 0 Å². The smallest absolute Gasteiger partial charge is 0.0847 e. The van der Waals surface area contributed by atoms with Crippen molar-refractivity contribution in [3.63, 3.8) is 0 Å². The van der Waals surface area contributed by atoms with Crippen LogP contribution >= 0.6 is 23.2 Å². The van der Waals surface area contributed by atoms with Crippen LogP contribution < -0.4 is 0 Å². The molecule has 0 saturated carbocycles. The van der Waals surface area contributed by atoms with Gasteiger partial charge in [0.25, 0.3) is 0 Å². The van der Waals surface area contributed by atoms with Crippen LogP contribution in [0.4, 0.5) is 0 Å². The maximum absolute atomic E-state index is 6.24. The Morgan fingerprint density at radius 1 is 1.31 bits per heavy atom. The number of aromatic nitrogens is 2. The lowest BCUT2D eigenvalue weighted by atomic mass is 9.88. The molecule has 0 spiro atoms. The zero-order valence-electron chi connectivity index (χ0n) is 10.6. The van der Waals surface area contributed by atoms with E-state index in [2.05, 4.69) is 18.9 Å². The number of nitrogens with zero attached hydrogens (tertiary/aromatic N) is 2. The molecular weight excluding hydrogens is 243 g/mol. The first-order chi connectivity index (χ1) is 7.34. The molecule has 1 rings (SSSR count). The number of halogens is 2. The fourth-order valence-corrected chi connectivity index (χ4v) is 2.67. The van der Waals surface area contributed by atoms with Gasteiger partial charge in [-0.25, -0.2) is 0 Å². The summed E-state index contributed by atoms with van der Waals surface area (Å²) in [6.45, 7) is 8.37. The molecule has 2 atom stereocenters. The summed E-state index contributed by atoms with van der Waals surface area (Å²) in [6.07, 6.45) is 0.887. The van der Waals surface area contributed by atoms with Crippen LogP contribution in [0, 0.1) is 18.8 Å². The van der Waals surface area contributed by atoms with Crippen molar-refractivity contribution in [2.24, 2.45) is 18.9 Å². The first-order valence-corrected chi connectivity index (χ1v) is 6.48. The molecule has 1 aromatic heterocycles. The Labute approximate surface area is 108 Å². The molecule has 0 aliphatic rings. The molecule has 1 aromatic rings. The highest BCUT2D eigenvalue weighted by molar-refractivity contribution is 6.31. The summed E-state index contributed by atoms with van der Waals surface area (Å²) in [5, 5.41) is 5.25. The first-order valence-electron chi connectivity index (χ1n) is 5.66. The van der Waals surface area contributed by atoms with Crippen molar-refractivity contribution in [1.82, 2.24) is 9.78 Å². The van der Waals surface area contributed by atoms with Gasteiger partial charge < -0.3 is 0 Å². The van der Waals surface area contributed by atoms with E-state index in [4.69, 9.17) is 23.2 Å². The molecule has 0 N–H and O–H groups in total. The number of hydrogen-bond donors (Lipinski definition) is 0. The molecule has 0 saturated heterocycles. The lowest BCUT2D eigenvalue weighted by Gasteiger charge is -2.23. The molecule has 0 fully saturated rings. The van der Waals surface area contributed by atoms with E-state index in [9.17, 15) is 0 Å². The van der Waals surface area contributed by atoms with Crippen LogP contribution in [-0.4, -0.2) is 15.2 Å². The van der Waals surface area contributed by atoms with Gasteiger partial charge in [0.15, 0.2) is 0 Å². The highest BCUT2D eigenvalue weighted by Crippen LogP contribution is 2.28. The second kappa shape index (κ2) is 5.42. The zero-order chi connectivity index (χ0) is 12.5. The summed E-state index contributed by atoms with van der Waals surface area (Å²) in [5.74, 6) is 0.965. The van der Waals surface area contributed by atoms with Gasteiger partial charge in [0.05, 0.1) is 16.4 Å². The average molecular weight is 263 g/mol. The Balaban J connectivity index is 2.93. The van der Waals surface area contributed by atoms with Crippen molar-refractivity contribution >= 4 is 23.2 Å². The molecule has 1 heterocycles. The monoisotopic (exact) mass is 262 g/mol. The van der Waals surface area contributed by atoms with Gasteiger partial charge in [0, 0.05) is 12.4 Å². The molecule has 0 radical (unpaired) electrons. The standard InChI is InChI=1S/C12H20Cl2N2/c1-7(2)10(8(3)13)6-11-12(14)9(4)15-16(11)5/h7-8,10H,6H2,1-5H3. The lowest BCUT2D eigenvalue weighted by molar-refractivity contribution is 0.368. The maximum atomic E-state index is 6.24. The van der Waals surface area contributed by atoms with Crippen molar-refractivity contribution in [3.05, 3.63) is 16.4 Å². The van der Waals surface area contributed by atoms with E-state index in [1.165, 1.54) is 0 Å². The summed E-state index contributed by atoms with van der Waals surface area (Å²) in [6, 6.07) is 0. The molecule has 0 aliphatic carbocycles. The van der Waals surface area contributed by atoms with E-state index in [-0.39, 0.29) is 5.38 Å². The normalized spacial score (nSPS) is 15.5. The van der Waals surface area contributed by atoms with Crippen LogP contribution in [0.1, 0.15) is 32.2 Å². The Morgan fingerprint density at radius 3 is 2.19 bits per heavy atom. The minimum atomic E-state index is 0.145. The predicted molar refractivity (Wildman–Crippen MR) is 70.3 cm³/mol. The van der Waals surface area contributed by atoms with Gasteiger partial charge >= 0.3 is 0 Å². The van der Waals surface area contributed by atoms with Crippen LogP contribution in [0.2, 0.25) is 5.02 Å². The Kier molecular flexibility index (Phi) is 4.69. The van der Waals surface area contributed by atoms with Crippen LogP contribution in [0.3, 0.4) is 0 Å². The second-order valence-corrected chi connectivity index (χ2v) is 5.83. The van der Waals surface area contributed by atoms with E-state index in [1.807, 2.05) is 25.6 Å². The van der Waals surface area contributed by atoms with Gasteiger partial charge in [0.1, 0.15) is 0 Å².